The Morgan fingerprint density at radius 3 is 2.53 bits per heavy atom. The van der Waals surface area contributed by atoms with Crippen LogP contribution < -0.4 is 5.32 Å². The van der Waals surface area contributed by atoms with E-state index in [9.17, 15) is 9.59 Å². The van der Waals surface area contributed by atoms with Gasteiger partial charge < -0.3 is 5.32 Å². The highest BCUT2D eigenvalue weighted by atomic mass is 16.1. The molecule has 1 aliphatic rings. The van der Waals surface area contributed by atoms with Gasteiger partial charge in [0, 0.05) is 18.9 Å². The Morgan fingerprint density at radius 2 is 1.89 bits per heavy atom. The van der Waals surface area contributed by atoms with Gasteiger partial charge in [0.05, 0.1) is 6.42 Å². The quantitative estimate of drug-likeness (QED) is 0.906. The van der Waals surface area contributed by atoms with E-state index in [1.165, 1.54) is 11.1 Å². The summed E-state index contributed by atoms with van der Waals surface area (Å²) < 4.78 is 0. The molecule has 1 N–H and O–H groups in total. The Kier molecular flexibility index (Phi) is 4.35. The molecule has 0 aromatic heterocycles. The van der Waals surface area contributed by atoms with Gasteiger partial charge >= 0.3 is 0 Å². The van der Waals surface area contributed by atoms with E-state index < -0.39 is 0 Å². The predicted molar refractivity (Wildman–Crippen MR) is 75.0 cm³/mol. The first-order chi connectivity index (χ1) is 9.04. The average molecular weight is 259 g/mol. The summed E-state index contributed by atoms with van der Waals surface area (Å²) in [6, 6.07) is 6.31. The molecule has 0 atom stereocenters. The van der Waals surface area contributed by atoms with Gasteiger partial charge in [0.1, 0.15) is 5.78 Å². The topological polar surface area (TPSA) is 46.2 Å². The van der Waals surface area contributed by atoms with Crippen LogP contribution in [0.1, 0.15) is 42.4 Å². The Balaban J connectivity index is 1.87. The molecule has 0 bridgehead atoms. The van der Waals surface area contributed by atoms with Crippen molar-refractivity contribution in [3.8, 4) is 0 Å². The van der Waals surface area contributed by atoms with Crippen LogP contribution in [-0.4, -0.2) is 17.7 Å². The number of nitrogens with one attached hydrogen (secondary N) is 1. The average Bonchev–Trinajstić information content (AvgIpc) is 2.37. The van der Waals surface area contributed by atoms with Crippen LogP contribution in [0.3, 0.4) is 0 Å². The van der Waals surface area contributed by atoms with Gasteiger partial charge in [-0.2, -0.15) is 0 Å². The maximum Gasteiger partial charge on any atom is 0.224 e. The zero-order chi connectivity index (χ0) is 13.8. The molecule has 3 nitrogen and oxygen atoms in total. The first-order valence-corrected chi connectivity index (χ1v) is 6.92. The molecule has 1 fully saturated rings. The molecule has 102 valence electrons. The number of hydrogen-bond acceptors (Lipinski definition) is 2. The second-order valence-corrected chi connectivity index (χ2v) is 5.48. The monoisotopic (exact) mass is 259 g/mol. The van der Waals surface area contributed by atoms with Crippen LogP contribution in [-0.2, 0) is 16.0 Å². The van der Waals surface area contributed by atoms with Gasteiger partial charge in [0.2, 0.25) is 5.91 Å². The van der Waals surface area contributed by atoms with Crippen molar-refractivity contribution in [1.82, 2.24) is 5.32 Å². The highest BCUT2D eigenvalue weighted by Gasteiger charge is 2.20. The van der Waals surface area contributed by atoms with Crippen molar-refractivity contribution in [2.24, 2.45) is 0 Å². The van der Waals surface area contributed by atoms with Crippen LogP contribution >= 0.6 is 0 Å². The fourth-order valence-electron chi connectivity index (χ4n) is 2.46. The Hall–Kier alpha value is -1.64. The van der Waals surface area contributed by atoms with E-state index >= 15 is 0 Å². The molecular weight excluding hydrogens is 238 g/mol. The molecule has 0 unspecified atom stereocenters. The highest BCUT2D eigenvalue weighted by molar-refractivity contribution is 5.81. The minimum Gasteiger partial charge on any atom is -0.353 e. The number of benzene rings is 1. The number of Topliss-reactive ketones (excluding diaryl/α,β-unsaturated/α-hetero) is 1. The van der Waals surface area contributed by atoms with E-state index in [0.717, 1.165) is 18.4 Å². The molecule has 0 radical (unpaired) electrons. The lowest BCUT2D eigenvalue weighted by Crippen LogP contribution is -2.38. The standard InChI is InChI=1S/C16H21NO2/c1-11-3-4-13(9-12(11)2)10-16(19)17-14-5-7-15(18)8-6-14/h3-4,9,14H,5-8,10H2,1-2H3,(H,17,19). The van der Waals surface area contributed by atoms with Gasteiger partial charge in [0.25, 0.3) is 0 Å². The first-order valence-electron chi connectivity index (χ1n) is 6.92. The third-order valence-corrected chi connectivity index (χ3v) is 3.84. The number of carbonyl (C=O) groups is 2. The van der Waals surface area contributed by atoms with Crippen molar-refractivity contribution in [2.45, 2.75) is 52.0 Å². The van der Waals surface area contributed by atoms with Crippen LogP contribution in [0.15, 0.2) is 18.2 Å². The van der Waals surface area contributed by atoms with Crippen LogP contribution in [0.4, 0.5) is 0 Å². The van der Waals surface area contributed by atoms with E-state index in [1.807, 2.05) is 6.07 Å². The fraction of sp³-hybridized carbons (Fsp3) is 0.500. The van der Waals surface area contributed by atoms with E-state index in [4.69, 9.17) is 0 Å². The Bertz CT molecular complexity index is 484. The summed E-state index contributed by atoms with van der Waals surface area (Å²) in [6.45, 7) is 4.13. The predicted octanol–water partition coefficient (Wildman–Crippen LogP) is 2.47. The Morgan fingerprint density at radius 1 is 1.21 bits per heavy atom. The molecule has 1 aromatic carbocycles. The lowest BCUT2D eigenvalue weighted by molar-refractivity contribution is -0.124. The summed E-state index contributed by atoms with van der Waals surface area (Å²) in [4.78, 5) is 23.1. The first kappa shape index (κ1) is 13.8. The largest absolute Gasteiger partial charge is 0.353 e. The minimum absolute atomic E-state index is 0.0580. The summed E-state index contributed by atoms with van der Waals surface area (Å²) in [5, 5.41) is 3.03. The molecular formula is C16H21NO2. The van der Waals surface area contributed by atoms with Gasteiger partial charge in [-0.3, -0.25) is 9.59 Å². The van der Waals surface area contributed by atoms with E-state index in [-0.39, 0.29) is 11.9 Å². The molecule has 0 heterocycles. The normalized spacial score (nSPS) is 16.4. The summed E-state index contributed by atoms with van der Waals surface area (Å²) in [5.41, 5.74) is 3.51. The third kappa shape index (κ3) is 3.91. The molecule has 0 aliphatic heterocycles. The zero-order valence-electron chi connectivity index (χ0n) is 11.7. The SMILES string of the molecule is Cc1ccc(CC(=O)NC2CCC(=O)CC2)cc1C. The van der Waals surface area contributed by atoms with Gasteiger partial charge in [0.15, 0.2) is 0 Å². The van der Waals surface area contributed by atoms with Crippen molar-refractivity contribution >= 4 is 11.7 Å². The molecule has 3 heteroatoms. The van der Waals surface area contributed by atoms with Crippen molar-refractivity contribution in [3.05, 3.63) is 34.9 Å². The maximum atomic E-state index is 12.0. The summed E-state index contributed by atoms with van der Waals surface area (Å²) >= 11 is 0. The highest BCUT2D eigenvalue weighted by Crippen LogP contribution is 2.15. The maximum absolute atomic E-state index is 12.0. The lowest BCUT2D eigenvalue weighted by atomic mass is 9.94. The molecule has 19 heavy (non-hydrogen) atoms. The molecule has 2 rings (SSSR count). The van der Waals surface area contributed by atoms with Crippen molar-refractivity contribution in [3.63, 3.8) is 0 Å². The van der Waals surface area contributed by atoms with Gasteiger partial charge in [-0.05, 0) is 43.4 Å². The van der Waals surface area contributed by atoms with E-state index in [0.29, 0.717) is 25.0 Å². The number of amides is 1. The minimum atomic E-state index is 0.0580. The number of carbonyl (C=O) groups excluding carboxylic acids is 2. The fourth-order valence-corrected chi connectivity index (χ4v) is 2.46. The summed E-state index contributed by atoms with van der Waals surface area (Å²) in [5.74, 6) is 0.377. The number of hydrogen-bond donors (Lipinski definition) is 1. The van der Waals surface area contributed by atoms with Crippen molar-refractivity contribution in [1.29, 1.82) is 0 Å². The van der Waals surface area contributed by atoms with E-state index in [2.05, 4.69) is 31.3 Å². The van der Waals surface area contributed by atoms with Gasteiger partial charge in [-0.15, -0.1) is 0 Å². The van der Waals surface area contributed by atoms with Crippen LogP contribution in [0.2, 0.25) is 0 Å². The summed E-state index contributed by atoms with van der Waals surface area (Å²) in [6.07, 6.45) is 3.21. The smallest absolute Gasteiger partial charge is 0.224 e. The zero-order valence-corrected chi connectivity index (χ0v) is 11.7. The third-order valence-electron chi connectivity index (χ3n) is 3.84. The Labute approximate surface area is 114 Å². The molecule has 1 saturated carbocycles. The van der Waals surface area contributed by atoms with Crippen LogP contribution in [0, 0.1) is 13.8 Å². The van der Waals surface area contributed by atoms with E-state index in [1.54, 1.807) is 0 Å². The number of ketones is 1. The molecule has 1 aromatic rings. The number of rotatable bonds is 3. The van der Waals surface area contributed by atoms with Crippen LogP contribution in [0.5, 0.6) is 0 Å². The number of aryl methyl sites for hydroxylation is 2. The summed E-state index contributed by atoms with van der Waals surface area (Å²) in [7, 11) is 0. The second-order valence-electron chi connectivity index (χ2n) is 5.48. The van der Waals surface area contributed by atoms with Crippen LogP contribution in [0.25, 0.3) is 0 Å². The molecule has 0 saturated heterocycles. The van der Waals surface area contributed by atoms with Gasteiger partial charge in [-0.25, -0.2) is 0 Å². The van der Waals surface area contributed by atoms with Gasteiger partial charge in [-0.1, -0.05) is 18.2 Å². The van der Waals surface area contributed by atoms with Crippen molar-refractivity contribution in [2.75, 3.05) is 0 Å². The molecule has 1 amide bonds. The lowest BCUT2D eigenvalue weighted by Gasteiger charge is -2.22. The van der Waals surface area contributed by atoms with Crippen molar-refractivity contribution < 1.29 is 9.59 Å². The second kappa shape index (κ2) is 6.00. The molecule has 0 spiro atoms. The molecule has 1 aliphatic carbocycles.